The molecule has 2 N–H and O–H groups in total. The zero-order valence-corrected chi connectivity index (χ0v) is 13.6. The quantitative estimate of drug-likeness (QED) is 0.906. The fraction of sp³-hybridized carbons (Fsp3) is 0.176. The largest absolute Gasteiger partial charge is 0.495 e. The molecule has 1 heterocycles. The first-order valence-corrected chi connectivity index (χ1v) is 8.02. The van der Waals surface area contributed by atoms with Crippen LogP contribution in [0.3, 0.4) is 0 Å². The molecule has 0 aliphatic carbocycles. The number of benzene rings is 2. The van der Waals surface area contributed by atoms with Gasteiger partial charge in [0.2, 0.25) is 5.91 Å². The summed E-state index contributed by atoms with van der Waals surface area (Å²) in [6.45, 7) is 1.85. The van der Waals surface area contributed by atoms with Crippen LogP contribution in [0.25, 0.3) is 0 Å². The summed E-state index contributed by atoms with van der Waals surface area (Å²) in [5.41, 5.74) is 1.75. The number of fused-ring (bicyclic) bond motifs is 1. The van der Waals surface area contributed by atoms with Crippen molar-refractivity contribution in [3.8, 4) is 5.75 Å². The van der Waals surface area contributed by atoms with E-state index in [4.69, 9.17) is 4.74 Å². The summed E-state index contributed by atoms with van der Waals surface area (Å²) < 4.78 is 5.22. The van der Waals surface area contributed by atoms with Crippen molar-refractivity contribution in [2.45, 2.75) is 17.1 Å². The number of carbonyl (C=O) groups excluding carboxylic acids is 2. The number of ether oxygens (including phenoxy) is 1. The molecule has 23 heavy (non-hydrogen) atoms. The van der Waals surface area contributed by atoms with Crippen LogP contribution in [-0.2, 0) is 4.79 Å². The highest BCUT2D eigenvalue weighted by Crippen LogP contribution is 2.36. The van der Waals surface area contributed by atoms with Crippen LogP contribution in [0.2, 0.25) is 0 Å². The Kier molecular flexibility index (Phi) is 4.25. The van der Waals surface area contributed by atoms with Gasteiger partial charge in [0.05, 0.1) is 23.7 Å². The number of rotatable bonds is 3. The van der Waals surface area contributed by atoms with Gasteiger partial charge >= 0.3 is 0 Å². The van der Waals surface area contributed by atoms with E-state index in [0.717, 1.165) is 4.90 Å². The lowest BCUT2D eigenvalue weighted by molar-refractivity contribution is -0.115. The first-order chi connectivity index (χ1) is 11.1. The van der Waals surface area contributed by atoms with Crippen LogP contribution >= 0.6 is 11.8 Å². The second kappa shape index (κ2) is 6.34. The molecule has 0 bridgehead atoms. The SMILES string of the molecule is COc1ccccc1NC(=O)c1ccc2c(c1)NC(=O)C(C)S2. The van der Waals surface area contributed by atoms with Crippen molar-refractivity contribution in [3.63, 3.8) is 0 Å². The van der Waals surface area contributed by atoms with Gasteiger partial charge in [-0.2, -0.15) is 0 Å². The molecular weight excluding hydrogens is 312 g/mol. The Balaban J connectivity index is 1.83. The number of amides is 2. The molecule has 1 unspecified atom stereocenters. The van der Waals surface area contributed by atoms with Gasteiger partial charge in [-0.25, -0.2) is 0 Å². The third-order valence-corrected chi connectivity index (χ3v) is 4.71. The number of methoxy groups -OCH3 is 1. The van der Waals surface area contributed by atoms with Gasteiger partial charge in [0.15, 0.2) is 0 Å². The maximum Gasteiger partial charge on any atom is 0.255 e. The van der Waals surface area contributed by atoms with E-state index < -0.39 is 0 Å². The molecule has 3 rings (SSSR count). The molecule has 1 aliphatic rings. The van der Waals surface area contributed by atoms with E-state index >= 15 is 0 Å². The summed E-state index contributed by atoms with van der Waals surface area (Å²) in [7, 11) is 1.55. The van der Waals surface area contributed by atoms with Gasteiger partial charge in [-0.05, 0) is 37.3 Å². The molecule has 0 saturated heterocycles. The first kappa shape index (κ1) is 15.4. The lowest BCUT2D eigenvalue weighted by Crippen LogP contribution is -2.26. The van der Waals surface area contributed by atoms with Crippen molar-refractivity contribution < 1.29 is 14.3 Å². The minimum atomic E-state index is -0.254. The molecule has 1 aliphatic heterocycles. The lowest BCUT2D eigenvalue weighted by Gasteiger charge is -2.21. The molecule has 6 heteroatoms. The van der Waals surface area contributed by atoms with Crippen LogP contribution in [0, 0.1) is 0 Å². The molecule has 2 amide bonds. The highest BCUT2D eigenvalue weighted by atomic mass is 32.2. The highest BCUT2D eigenvalue weighted by molar-refractivity contribution is 8.00. The predicted octanol–water partition coefficient (Wildman–Crippen LogP) is 3.38. The zero-order valence-electron chi connectivity index (χ0n) is 12.8. The van der Waals surface area contributed by atoms with Crippen LogP contribution in [0.1, 0.15) is 17.3 Å². The van der Waals surface area contributed by atoms with Crippen molar-refractivity contribution in [2.24, 2.45) is 0 Å². The number of thioether (sulfide) groups is 1. The summed E-state index contributed by atoms with van der Waals surface area (Å²) in [4.78, 5) is 25.2. The van der Waals surface area contributed by atoms with Crippen LogP contribution in [0.4, 0.5) is 11.4 Å². The van der Waals surface area contributed by atoms with E-state index in [0.29, 0.717) is 22.7 Å². The number of para-hydroxylation sites is 2. The molecule has 2 aromatic rings. The van der Waals surface area contributed by atoms with Crippen LogP contribution in [0.15, 0.2) is 47.4 Å². The van der Waals surface area contributed by atoms with Gasteiger partial charge in [-0.1, -0.05) is 12.1 Å². The Morgan fingerprint density at radius 2 is 2.04 bits per heavy atom. The van der Waals surface area contributed by atoms with Crippen molar-refractivity contribution in [1.82, 2.24) is 0 Å². The molecule has 0 fully saturated rings. The van der Waals surface area contributed by atoms with E-state index in [1.165, 1.54) is 11.8 Å². The Morgan fingerprint density at radius 1 is 1.26 bits per heavy atom. The maximum atomic E-state index is 12.4. The van der Waals surface area contributed by atoms with Gasteiger partial charge in [0.25, 0.3) is 5.91 Å². The Bertz CT molecular complexity index is 776. The summed E-state index contributed by atoms with van der Waals surface area (Å²) in [6.07, 6.45) is 0. The van der Waals surface area contributed by atoms with E-state index in [9.17, 15) is 9.59 Å². The summed E-state index contributed by atoms with van der Waals surface area (Å²) in [5, 5.41) is 5.52. The average molecular weight is 328 g/mol. The molecule has 0 saturated carbocycles. The predicted molar refractivity (Wildman–Crippen MR) is 91.3 cm³/mol. The number of hydrogen-bond donors (Lipinski definition) is 2. The second-order valence-corrected chi connectivity index (χ2v) is 6.50. The molecule has 0 aromatic heterocycles. The smallest absolute Gasteiger partial charge is 0.255 e. The fourth-order valence-electron chi connectivity index (χ4n) is 2.29. The van der Waals surface area contributed by atoms with E-state index in [1.807, 2.05) is 25.1 Å². The minimum absolute atomic E-state index is 0.0511. The third kappa shape index (κ3) is 3.17. The van der Waals surface area contributed by atoms with Crippen molar-refractivity contribution in [2.75, 3.05) is 17.7 Å². The average Bonchev–Trinajstić information content (AvgIpc) is 2.56. The number of nitrogens with one attached hydrogen (secondary N) is 2. The minimum Gasteiger partial charge on any atom is -0.495 e. The lowest BCUT2D eigenvalue weighted by atomic mass is 10.1. The first-order valence-electron chi connectivity index (χ1n) is 7.14. The molecule has 1 atom stereocenters. The highest BCUT2D eigenvalue weighted by Gasteiger charge is 2.23. The Morgan fingerprint density at radius 3 is 2.83 bits per heavy atom. The standard InChI is InChI=1S/C17H16N2O3S/c1-10-16(20)19-13-9-11(7-8-15(13)23-10)17(21)18-12-5-3-4-6-14(12)22-2/h3-10H,1-2H3,(H,18,21)(H,19,20). The fourth-order valence-corrected chi connectivity index (χ4v) is 3.22. The molecule has 5 nitrogen and oxygen atoms in total. The van der Waals surface area contributed by atoms with Gasteiger partial charge in [-0.3, -0.25) is 9.59 Å². The van der Waals surface area contributed by atoms with Crippen LogP contribution in [-0.4, -0.2) is 24.2 Å². The number of anilines is 2. The second-order valence-electron chi connectivity index (χ2n) is 5.11. The van der Waals surface area contributed by atoms with Crippen LogP contribution in [0.5, 0.6) is 5.75 Å². The summed E-state index contributed by atoms with van der Waals surface area (Å²) >= 11 is 1.49. The van der Waals surface area contributed by atoms with Gasteiger partial charge in [-0.15, -0.1) is 11.8 Å². The van der Waals surface area contributed by atoms with E-state index in [2.05, 4.69) is 10.6 Å². The zero-order chi connectivity index (χ0) is 16.4. The van der Waals surface area contributed by atoms with E-state index in [-0.39, 0.29) is 17.1 Å². The van der Waals surface area contributed by atoms with Crippen LogP contribution < -0.4 is 15.4 Å². The molecule has 0 spiro atoms. The summed E-state index contributed by atoms with van der Waals surface area (Å²) in [5.74, 6) is 0.288. The van der Waals surface area contributed by atoms with E-state index in [1.54, 1.807) is 31.4 Å². The van der Waals surface area contributed by atoms with Crippen molar-refractivity contribution >= 4 is 35.0 Å². The Hall–Kier alpha value is -2.47. The van der Waals surface area contributed by atoms with Gasteiger partial charge in [0.1, 0.15) is 5.75 Å². The molecular formula is C17H16N2O3S. The molecule has 118 valence electrons. The summed E-state index contributed by atoms with van der Waals surface area (Å²) in [6, 6.07) is 12.5. The molecule has 0 radical (unpaired) electrons. The van der Waals surface area contributed by atoms with Crippen molar-refractivity contribution in [3.05, 3.63) is 48.0 Å². The van der Waals surface area contributed by atoms with Gasteiger partial charge < -0.3 is 15.4 Å². The van der Waals surface area contributed by atoms with Crippen molar-refractivity contribution in [1.29, 1.82) is 0 Å². The maximum absolute atomic E-state index is 12.4. The van der Waals surface area contributed by atoms with Gasteiger partial charge in [0, 0.05) is 10.5 Å². The normalized spacial score (nSPS) is 16.3. The Labute approximate surface area is 138 Å². The number of carbonyl (C=O) groups is 2. The third-order valence-electron chi connectivity index (χ3n) is 3.53. The monoisotopic (exact) mass is 328 g/mol. The molecule has 2 aromatic carbocycles. The number of hydrogen-bond acceptors (Lipinski definition) is 4. The topological polar surface area (TPSA) is 67.4 Å².